The average Bonchev–Trinajstić information content (AvgIpc) is 2.35. The number of nitrogens with zero attached hydrogens (tertiary/aromatic N) is 1. The first-order valence-corrected chi connectivity index (χ1v) is 6.05. The first-order chi connectivity index (χ1) is 8.65. The highest BCUT2D eigenvalue weighted by atomic mass is 16.3. The number of hydrogen-bond donors (Lipinski definition) is 2. The molecule has 94 valence electrons. The lowest BCUT2D eigenvalue weighted by Gasteiger charge is -2.12. The number of phenolic OH excluding ortho intramolecular Hbond substituents is 2. The fourth-order valence-corrected chi connectivity index (χ4v) is 2.09. The molecule has 0 aliphatic carbocycles. The van der Waals surface area contributed by atoms with Crippen molar-refractivity contribution in [3.05, 3.63) is 53.9 Å². The van der Waals surface area contributed by atoms with Gasteiger partial charge in [-0.05, 0) is 54.2 Å². The zero-order chi connectivity index (χ0) is 13.0. The second-order valence-electron chi connectivity index (χ2n) is 4.69. The van der Waals surface area contributed by atoms with Gasteiger partial charge in [0, 0.05) is 12.4 Å². The highest BCUT2D eigenvalue weighted by Gasteiger charge is 2.07. The molecule has 2 aromatic rings. The molecular weight excluding hydrogens is 226 g/mol. The Morgan fingerprint density at radius 3 is 2.28 bits per heavy atom. The van der Waals surface area contributed by atoms with Gasteiger partial charge in [0.2, 0.25) is 0 Å². The minimum absolute atomic E-state index is 0.0522. The van der Waals surface area contributed by atoms with Crippen molar-refractivity contribution in [2.45, 2.75) is 19.8 Å². The molecule has 0 aliphatic rings. The van der Waals surface area contributed by atoms with Gasteiger partial charge in [0.05, 0.1) is 0 Å². The molecule has 0 radical (unpaired) electrons. The molecule has 3 nitrogen and oxygen atoms in total. The molecule has 0 spiro atoms. The van der Waals surface area contributed by atoms with E-state index in [9.17, 15) is 10.2 Å². The molecule has 0 amide bonds. The van der Waals surface area contributed by atoms with Crippen molar-refractivity contribution in [2.24, 2.45) is 5.92 Å². The van der Waals surface area contributed by atoms with E-state index < -0.39 is 0 Å². The SMILES string of the molecule is CC(Cc1ccncc1)Cc1ccc(O)c(O)c1. The van der Waals surface area contributed by atoms with Crippen molar-refractivity contribution in [1.29, 1.82) is 0 Å². The summed E-state index contributed by atoms with van der Waals surface area (Å²) in [6, 6.07) is 9.04. The summed E-state index contributed by atoms with van der Waals surface area (Å²) < 4.78 is 0. The van der Waals surface area contributed by atoms with Gasteiger partial charge in [-0.1, -0.05) is 13.0 Å². The maximum absolute atomic E-state index is 9.44. The lowest BCUT2D eigenvalue weighted by atomic mass is 9.94. The van der Waals surface area contributed by atoms with Gasteiger partial charge in [-0.15, -0.1) is 0 Å². The van der Waals surface area contributed by atoms with Gasteiger partial charge in [-0.3, -0.25) is 4.98 Å². The van der Waals surface area contributed by atoms with Crippen LogP contribution in [-0.2, 0) is 12.8 Å². The highest BCUT2D eigenvalue weighted by molar-refractivity contribution is 5.40. The number of aromatic hydroxyl groups is 2. The van der Waals surface area contributed by atoms with Crippen molar-refractivity contribution < 1.29 is 10.2 Å². The first kappa shape index (κ1) is 12.4. The monoisotopic (exact) mass is 243 g/mol. The van der Waals surface area contributed by atoms with E-state index in [2.05, 4.69) is 11.9 Å². The van der Waals surface area contributed by atoms with Gasteiger partial charge in [0.15, 0.2) is 11.5 Å². The molecule has 1 heterocycles. The number of benzene rings is 1. The zero-order valence-corrected chi connectivity index (χ0v) is 10.4. The topological polar surface area (TPSA) is 53.4 Å². The first-order valence-electron chi connectivity index (χ1n) is 6.05. The van der Waals surface area contributed by atoms with Crippen LogP contribution in [0.2, 0.25) is 0 Å². The highest BCUT2D eigenvalue weighted by Crippen LogP contribution is 2.26. The van der Waals surface area contributed by atoms with Crippen LogP contribution in [0.5, 0.6) is 11.5 Å². The van der Waals surface area contributed by atoms with Crippen molar-refractivity contribution in [3.63, 3.8) is 0 Å². The van der Waals surface area contributed by atoms with E-state index in [4.69, 9.17) is 0 Å². The normalized spacial score (nSPS) is 12.3. The van der Waals surface area contributed by atoms with Crippen LogP contribution < -0.4 is 0 Å². The molecule has 1 aromatic heterocycles. The predicted molar refractivity (Wildman–Crippen MR) is 70.6 cm³/mol. The number of pyridine rings is 1. The molecule has 3 heteroatoms. The molecule has 1 aromatic carbocycles. The molecule has 1 atom stereocenters. The van der Waals surface area contributed by atoms with E-state index in [1.54, 1.807) is 18.5 Å². The van der Waals surface area contributed by atoms with Crippen LogP contribution in [-0.4, -0.2) is 15.2 Å². The van der Waals surface area contributed by atoms with Crippen LogP contribution in [0.3, 0.4) is 0 Å². The Bertz CT molecular complexity index is 511. The number of phenols is 2. The largest absolute Gasteiger partial charge is 0.504 e. The van der Waals surface area contributed by atoms with E-state index in [-0.39, 0.29) is 11.5 Å². The molecule has 18 heavy (non-hydrogen) atoms. The molecule has 1 unspecified atom stereocenters. The fraction of sp³-hybridized carbons (Fsp3) is 0.267. The van der Waals surface area contributed by atoms with E-state index in [1.807, 2.05) is 18.2 Å². The van der Waals surface area contributed by atoms with Gasteiger partial charge in [-0.2, -0.15) is 0 Å². The van der Waals surface area contributed by atoms with Crippen molar-refractivity contribution in [3.8, 4) is 11.5 Å². The summed E-state index contributed by atoms with van der Waals surface area (Å²) in [4.78, 5) is 4.00. The summed E-state index contributed by atoms with van der Waals surface area (Å²) in [7, 11) is 0. The van der Waals surface area contributed by atoms with Gasteiger partial charge in [-0.25, -0.2) is 0 Å². The van der Waals surface area contributed by atoms with Crippen LogP contribution in [0, 0.1) is 5.92 Å². The summed E-state index contributed by atoms with van der Waals surface area (Å²) in [5.74, 6) is 0.348. The molecule has 0 saturated carbocycles. The van der Waals surface area contributed by atoms with Crippen LogP contribution in [0.15, 0.2) is 42.7 Å². The van der Waals surface area contributed by atoms with Crippen LogP contribution in [0.4, 0.5) is 0 Å². The van der Waals surface area contributed by atoms with Crippen LogP contribution in [0.1, 0.15) is 18.1 Å². The Morgan fingerprint density at radius 2 is 1.61 bits per heavy atom. The summed E-state index contributed by atoms with van der Waals surface area (Å²) in [5, 5.41) is 18.7. The predicted octanol–water partition coefficient (Wildman–Crippen LogP) is 2.91. The maximum Gasteiger partial charge on any atom is 0.157 e. The smallest absolute Gasteiger partial charge is 0.157 e. The summed E-state index contributed by atoms with van der Waals surface area (Å²) in [5.41, 5.74) is 2.30. The summed E-state index contributed by atoms with van der Waals surface area (Å²) in [6.45, 7) is 2.17. The van der Waals surface area contributed by atoms with E-state index in [0.717, 1.165) is 18.4 Å². The molecule has 0 saturated heterocycles. The van der Waals surface area contributed by atoms with E-state index in [0.29, 0.717) is 5.92 Å². The molecule has 2 rings (SSSR count). The lowest BCUT2D eigenvalue weighted by molar-refractivity contribution is 0.402. The second kappa shape index (κ2) is 5.54. The van der Waals surface area contributed by atoms with E-state index in [1.165, 1.54) is 11.6 Å². The van der Waals surface area contributed by atoms with Crippen LogP contribution in [0.25, 0.3) is 0 Å². The van der Waals surface area contributed by atoms with Crippen molar-refractivity contribution in [1.82, 2.24) is 4.98 Å². The molecule has 2 N–H and O–H groups in total. The summed E-state index contributed by atoms with van der Waals surface area (Å²) >= 11 is 0. The molecule has 0 aliphatic heterocycles. The zero-order valence-electron chi connectivity index (χ0n) is 10.4. The fourth-order valence-electron chi connectivity index (χ4n) is 2.09. The molecule has 0 fully saturated rings. The number of rotatable bonds is 4. The Kier molecular flexibility index (Phi) is 3.82. The van der Waals surface area contributed by atoms with Gasteiger partial charge in [0.1, 0.15) is 0 Å². The summed E-state index contributed by atoms with van der Waals surface area (Å²) in [6.07, 6.45) is 5.45. The second-order valence-corrected chi connectivity index (χ2v) is 4.69. The maximum atomic E-state index is 9.44. The average molecular weight is 243 g/mol. The minimum atomic E-state index is -0.0689. The lowest BCUT2D eigenvalue weighted by Crippen LogP contribution is -2.03. The molecule has 0 bridgehead atoms. The van der Waals surface area contributed by atoms with Crippen molar-refractivity contribution in [2.75, 3.05) is 0 Å². The van der Waals surface area contributed by atoms with Gasteiger partial charge in [0.25, 0.3) is 0 Å². The van der Waals surface area contributed by atoms with Gasteiger partial charge >= 0.3 is 0 Å². The Hall–Kier alpha value is -2.03. The number of hydrogen-bond acceptors (Lipinski definition) is 3. The quantitative estimate of drug-likeness (QED) is 0.812. The Balaban J connectivity index is 1.99. The Labute approximate surface area is 107 Å². The third-order valence-corrected chi connectivity index (χ3v) is 2.96. The Morgan fingerprint density at radius 1 is 0.944 bits per heavy atom. The minimum Gasteiger partial charge on any atom is -0.504 e. The van der Waals surface area contributed by atoms with Crippen LogP contribution >= 0.6 is 0 Å². The standard InChI is InChI=1S/C15H17NO2/c1-11(8-12-4-6-16-7-5-12)9-13-2-3-14(17)15(18)10-13/h2-7,10-11,17-18H,8-9H2,1H3. The number of aromatic nitrogens is 1. The van der Waals surface area contributed by atoms with Gasteiger partial charge < -0.3 is 10.2 Å². The van der Waals surface area contributed by atoms with E-state index >= 15 is 0 Å². The van der Waals surface area contributed by atoms with Crippen molar-refractivity contribution >= 4 is 0 Å². The molecular formula is C15H17NO2. The third-order valence-electron chi connectivity index (χ3n) is 2.96. The third kappa shape index (κ3) is 3.23.